The number of nitrogens with one attached hydrogen (secondary N) is 1. The summed E-state index contributed by atoms with van der Waals surface area (Å²) in [4.78, 5) is 22.5. The third-order valence-electron chi connectivity index (χ3n) is 8.64. The van der Waals surface area contributed by atoms with Crippen molar-refractivity contribution in [2.45, 2.75) is 124 Å². The van der Waals surface area contributed by atoms with Gasteiger partial charge in [0.15, 0.2) is 11.6 Å². The highest BCUT2D eigenvalue weighted by molar-refractivity contribution is 5.86. The lowest BCUT2D eigenvalue weighted by Gasteiger charge is -2.40. The summed E-state index contributed by atoms with van der Waals surface area (Å²) in [6.07, 6.45) is 8.31. The fraction of sp³-hybridized carbons (Fsp3) is 0.463. The summed E-state index contributed by atoms with van der Waals surface area (Å²) in [5, 5.41) is 7.00. The van der Waals surface area contributed by atoms with Crippen molar-refractivity contribution in [3.05, 3.63) is 83.1 Å². The highest BCUT2D eigenvalue weighted by Gasteiger charge is 2.36. The van der Waals surface area contributed by atoms with E-state index >= 15 is 0 Å². The van der Waals surface area contributed by atoms with Gasteiger partial charge >= 0.3 is 5.97 Å². The Labute approximate surface area is 295 Å². The van der Waals surface area contributed by atoms with Gasteiger partial charge in [-0.05, 0) is 100 Å². The number of hydrogen-bond donors (Lipinski definition) is 1. The van der Waals surface area contributed by atoms with Crippen LogP contribution in [0.1, 0.15) is 110 Å². The Hall–Kier alpha value is -4.21. The van der Waals surface area contributed by atoms with Gasteiger partial charge in [-0.3, -0.25) is 14.9 Å². The molecule has 1 aliphatic carbocycles. The molecule has 2 aromatic carbocycles. The van der Waals surface area contributed by atoms with Crippen LogP contribution in [-0.2, 0) is 31.8 Å². The van der Waals surface area contributed by atoms with Gasteiger partial charge in [0.25, 0.3) is 0 Å². The number of esters is 1. The summed E-state index contributed by atoms with van der Waals surface area (Å²) < 4.78 is 32.3. The maximum atomic E-state index is 14.2. The van der Waals surface area contributed by atoms with Gasteiger partial charge in [-0.15, -0.1) is 0 Å². The fourth-order valence-corrected chi connectivity index (χ4v) is 6.82. The summed E-state index contributed by atoms with van der Waals surface area (Å²) in [5.41, 5.74) is 8.79. The fourth-order valence-electron chi connectivity index (χ4n) is 6.82. The van der Waals surface area contributed by atoms with E-state index < -0.39 is 11.4 Å². The van der Waals surface area contributed by atoms with Crippen LogP contribution in [0.25, 0.3) is 39.8 Å². The van der Waals surface area contributed by atoms with E-state index in [0.29, 0.717) is 6.42 Å². The normalized spacial score (nSPS) is 18.5. The third kappa shape index (κ3) is 8.74. The molecule has 0 radical (unpaired) electrons. The molecule has 0 amide bonds. The maximum absolute atomic E-state index is 14.2. The minimum Gasteiger partial charge on any atom is -0.460 e. The van der Waals surface area contributed by atoms with Crippen LogP contribution >= 0.6 is 0 Å². The Morgan fingerprint density at radius 2 is 1.80 bits per heavy atom. The molecular formula is C41H51FN4O4. The standard InChI is InChI=1S/C39H45FN4O4.C2H6/c1-23(2)35-32(18-16-28-20-29(47-39(6,7)46-28)21-33(45)48-38(3,4)5)34(24-11-14-27(40)15-12-24)31-10-8-9-25-19-26(37-41-22-42-44-37)13-17-30(25)36(31)43-35;1-2/h11-19,22-23,28-29H,8-10,20-21H2,1-7H3,(H,41,42,44);1-2H3/b18-16+;/t28-,29-;/m1./s1. The van der Waals surface area contributed by atoms with Crippen molar-refractivity contribution in [2.75, 3.05) is 0 Å². The van der Waals surface area contributed by atoms with Crippen LogP contribution in [0.4, 0.5) is 4.39 Å². The van der Waals surface area contributed by atoms with E-state index in [1.807, 2.05) is 60.6 Å². The van der Waals surface area contributed by atoms with Gasteiger partial charge in [0.05, 0.1) is 30.0 Å². The number of benzene rings is 2. The zero-order valence-corrected chi connectivity index (χ0v) is 30.9. The number of pyridine rings is 1. The average molecular weight is 683 g/mol. The molecule has 6 rings (SSSR count). The van der Waals surface area contributed by atoms with Crippen molar-refractivity contribution in [1.82, 2.24) is 20.2 Å². The SMILES string of the molecule is CC.CC(C)c1nc2c(c(-c3ccc(F)cc3)c1/C=C/[C@@H]1C[C@H](CC(=O)OC(C)(C)C)OC(C)(C)O1)CCCc1cc(-c3ncn[nH]3)ccc1-2. The number of H-pyrrole nitrogens is 1. The third-order valence-corrected chi connectivity index (χ3v) is 8.64. The second-order valence-electron chi connectivity index (χ2n) is 14.5. The smallest absolute Gasteiger partial charge is 0.308 e. The number of carbonyl (C=O) groups excluding carboxylic acids is 1. The molecule has 2 aliphatic rings. The first-order valence-electron chi connectivity index (χ1n) is 17.8. The maximum Gasteiger partial charge on any atom is 0.308 e. The molecule has 0 spiro atoms. The van der Waals surface area contributed by atoms with Crippen molar-refractivity contribution >= 4 is 12.0 Å². The molecule has 2 aromatic heterocycles. The molecule has 1 N–H and O–H groups in total. The van der Waals surface area contributed by atoms with Crippen LogP contribution in [-0.4, -0.2) is 49.7 Å². The molecule has 266 valence electrons. The molecule has 1 fully saturated rings. The molecule has 4 aromatic rings. The van der Waals surface area contributed by atoms with E-state index in [-0.39, 0.29) is 36.3 Å². The summed E-state index contributed by atoms with van der Waals surface area (Å²) in [7, 11) is 0. The van der Waals surface area contributed by atoms with Crippen molar-refractivity contribution in [3.63, 3.8) is 0 Å². The molecule has 1 saturated heterocycles. The number of aromatic amines is 1. The highest BCUT2D eigenvalue weighted by atomic mass is 19.1. The van der Waals surface area contributed by atoms with Crippen molar-refractivity contribution in [1.29, 1.82) is 0 Å². The lowest BCUT2D eigenvalue weighted by Crippen LogP contribution is -2.45. The molecular weight excluding hydrogens is 631 g/mol. The van der Waals surface area contributed by atoms with Gasteiger partial charge in [-0.2, -0.15) is 5.10 Å². The molecule has 2 atom stereocenters. The number of ether oxygens (including phenoxy) is 3. The van der Waals surface area contributed by atoms with E-state index in [2.05, 4.69) is 59.4 Å². The summed E-state index contributed by atoms with van der Waals surface area (Å²) in [6, 6.07) is 13.1. The Bertz CT molecular complexity index is 1810. The predicted molar refractivity (Wildman–Crippen MR) is 196 cm³/mol. The van der Waals surface area contributed by atoms with Gasteiger partial charge in [-0.1, -0.05) is 64.1 Å². The van der Waals surface area contributed by atoms with Crippen LogP contribution in [0.5, 0.6) is 0 Å². The Balaban J connectivity index is 0.00000239. The molecule has 8 nitrogen and oxygen atoms in total. The first kappa shape index (κ1) is 37.1. The number of aromatic nitrogens is 4. The minimum atomic E-state index is -0.888. The Morgan fingerprint density at radius 1 is 1.08 bits per heavy atom. The minimum absolute atomic E-state index is 0.0984. The zero-order valence-electron chi connectivity index (χ0n) is 30.9. The van der Waals surface area contributed by atoms with Crippen LogP contribution in [0.15, 0.2) is 54.9 Å². The van der Waals surface area contributed by atoms with E-state index in [4.69, 9.17) is 19.2 Å². The number of aryl methyl sites for hydroxylation is 1. The van der Waals surface area contributed by atoms with Crippen molar-refractivity contribution in [3.8, 4) is 33.8 Å². The number of hydrogen-bond acceptors (Lipinski definition) is 7. The number of nitrogens with zero attached hydrogens (tertiary/aromatic N) is 3. The lowest BCUT2D eigenvalue weighted by molar-refractivity contribution is -0.290. The lowest BCUT2D eigenvalue weighted by atomic mass is 9.86. The molecule has 0 bridgehead atoms. The summed E-state index contributed by atoms with van der Waals surface area (Å²) in [6.45, 7) is 17.6. The number of fused-ring (bicyclic) bond motifs is 3. The molecule has 9 heteroatoms. The molecule has 50 heavy (non-hydrogen) atoms. The van der Waals surface area contributed by atoms with E-state index in [0.717, 1.165) is 69.9 Å². The first-order valence-corrected chi connectivity index (χ1v) is 17.8. The monoisotopic (exact) mass is 682 g/mol. The number of carbonyl (C=O) groups is 1. The predicted octanol–water partition coefficient (Wildman–Crippen LogP) is 9.63. The zero-order chi connectivity index (χ0) is 36.2. The second kappa shape index (κ2) is 15.4. The highest BCUT2D eigenvalue weighted by Crippen LogP contribution is 2.43. The Morgan fingerprint density at radius 3 is 2.46 bits per heavy atom. The molecule has 1 aliphatic heterocycles. The Kier molecular flexibility index (Phi) is 11.4. The topological polar surface area (TPSA) is 99.2 Å². The first-order chi connectivity index (χ1) is 23.8. The largest absolute Gasteiger partial charge is 0.460 e. The van der Waals surface area contributed by atoms with Crippen LogP contribution in [0, 0.1) is 5.82 Å². The second-order valence-corrected chi connectivity index (χ2v) is 14.5. The summed E-state index contributed by atoms with van der Waals surface area (Å²) in [5.74, 6) is -0.629. The van der Waals surface area contributed by atoms with E-state index in [9.17, 15) is 9.18 Å². The van der Waals surface area contributed by atoms with Gasteiger partial charge in [0, 0.05) is 23.1 Å². The molecule has 0 unspecified atom stereocenters. The average Bonchev–Trinajstić information content (AvgIpc) is 3.52. The van der Waals surface area contributed by atoms with Crippen LogP contribution < -0.4 is 0 Å². The summed E-state index contributed by atoms with van der Waals surface area (Å²) >= 11 is 0. The van der Waals surface area contributed by atoms with E-state index in [1.165, 1.54) is 24.0 Å². The van der Waals surface area contributed by atoms with Crippen LogP contribution in [0.3, 0.4) is 0 Å². The van der Waals surface area contributed by atoms with Crippen molar-refractivity contribution < 1.29 is 23.4 Å². The molecule has 3 heterocycles. The van der Waals surface area contributed by atoms with Gasteiger partial charge in [-0.25, -0.2) is 9.37 Å². The number of halogens is 1. The van der Waals surface area contributed by atoms with Gasteiger partial charge < -0.3 is 14.2 Å². The van der Waals surface area contributed by atoms with E-state index in [1.54, 1.807) is 0 Å². The molecule has 0 saturated carbocycles. The van der Waals surface area contributed by atoms with Crippen LogP contribution in [0.2, 0.25) is 0 Å². The van der Waals surface area contributed by atoms with Gasteiger partial charge in [0.1, 0.15) is 17.7 Å². The number of rotatable bonds is 7. The quantitative estimate of drug-likeness (QED) is 0.194. The van der Waals surface area contributed by atoms with Gasteiger partial charge in [0.2, 0.25) is 0 Å². The van der Waals surface area contributed by atoms with Crippen molar-refractivity contribution in [2.24, 2.45) is 0 Å².